The summed E-state index contributed by atoms with van der Waals surface area (Å²) < 4.78 is 24.2. The summed E-state index contributed by atoms with van der Waals surface area (Å²) in [4.78, 5) is 16.4. The van der Waals surface area contributed by atoms with E-state index in [1.807, 2.05) is 24.3 Å². The zero-order valence-corrected chi connectivity index (χ0v) is 14.4. The molecule has 25 heavy (non-hydrogen) atoms. The number of amides is 1. The number of carbonyl (C=O) groups is 1. The van der Waals surface area contributed by atoms with Crippen molar-refractivity contribution in [1.82, 2.24) is 4.90 Å². The molecule has 3 rings (SSSR count). The zero-order chi connectivity index (χ0) is 17.8. The van der Waals surface area contributed by atoms with Crippen molar-refractivity contribution in [2.45, 2.75) is 0 Å². The molecule has 0 spiro atoms. The fourth-order valence-corrected chi connectivity index (χ4v) is 2.93. The highest BCUT2D eigenvalue weighted by molar-refractivity contribution is 5.94. The van der Waals surface area contributed by atoms with Crippen molar-refractivity contribution in [3.8, 4) is 11.5 Å². The van der Waals surface area contributed by atoms with Gasteiger partial charge in [0.05, 0.1) is 19.8 Å². The minimum atomic E-state index is -0.554. The molecule has 1 amide bonds. The molecule has 2 aromatic rings. The van der Waals surface area contributed by atoms with Crippen LogP contribution in [0.3, 0.4) is 0 Å². The number of hydrogen-bond donors (Lipinski definition) is 0. The Hall–Kier alpha value is -2.76. The van der Waals surface area contributed by atoms with E-state index in [4.69, 9.17) is 9.47 Å². The summed E-state index contributed by atoms with van der Waals surface area (Å²) in [6, 6.07) is 12.1. The molecule has 0 saturated carbocycles. The van der Waals surface area contributed by atoms with Crippen LogP contribution < -0.4 is 14.4 Å². The van der Waals surface area contributed by atoms with Gasteiger partial charge in [-0.3, -0.25) is 4.79 Å². The van der Waals surface area contributed by atoms with Gasteiger partial charge in [0, 0.05) is 37.9 Å². The molecule has 0 radical (unpaired) electrons. The highest BCUT2D eigenvalue weighted by Crippen LogP contribution is 2.22. The number of ether oxygens (including phenoxy) is 2. The number of piperazine rings is 1. The Kier molecular flexibility index (Phi) is 5.07. The van der Waals surface area contributed by atoms with E-state index in [0.29, 0.717) is 31.9 Å². The Labute approximate surface area is 146 Å². The van der Waals surface area contributed by atoms with Gasteiger partial charge in [-0.1, -0.05) is 0 Å². The van der Waals surface area contributed by atoms with E-state index in [1.54, 1.807) is 18.1 Å². The van der Waals surface area contributed by atoms with Gasteiger partial charge in [0.15, 0.2) is 0 Å². The maximum atomic E-state index is 14.1. The van der Waals surface area contributed by atoms with E-state index >= 15 is 0 Å². The molecule has 1 aliphatic heterocycles. The maximum absolute atomic E-state index is 14.1. The van der Waals surface area contributed by atoms with Gasteiger partial charge < -0.3 is 19.3 Å². The van der Waals surface area contributed by atoms with Crippen LogP contribution in [0.5, 0.6) is 11.5 Å². The Balaban J connectivity index is 1.64. The van der Waals surface area contributed by atoms with Crippen LogP contribution in [0.2, 0.25) is 0 Å². The molecule has 1 saturated heterocycles. The van der Waals surface area contributed by atoms with E-state index in [2.05, 4.69) is 4.90 Å². The van der Waals surface area contributed by atoms with Crippen molar-refractivity contribution in [1.29, 1.82) is 0 Å². The minimum absolute atomic E-state index is 0.0821. The van der Waals surface area contributed by atoms with E-state index < -0.39 is 5.82 Å². The number of anilines is 1. The van der Waals surface area contributed by atoms with Crippen molar-refractivity contribution < 1.29 is 18.7 Å². The summed E-state index contributed by atoms with van der Waals surface area (Å²) in [5.41, 5.74) is 1.17. The molecule has 132 valence electrons. The van der Waals surface area contributed by atoms with Crippen LogP contribution >= 0.6 is 0 Å². The lowest BCUT2D eigenvalue weighted by Gasteiger charge is -2.36. The molecule has 2 aromatic carbocycles. The van der Waals surface area contributed by atoms with E-state index in [9.17, 15) is 9.18 Å². The molecular weight excluding hydrogens is 323 g/mol. The van der Waals surface area contributed by atoms with Crippen LogP contribution in [0.1, 0.15) is 10.4 Å². The molecule has 1 aliphatic rings. The number of rotatable bonds is 4. The SMILES string of the molecule is COc1ccc(N2CCN(C(=O)c3ccc(OC)cc3F)CC2)cc1. The third-order valence-corrected chi connectivity index (χ3v) is 4.41. The van der Waals surface area contributed by atoms with Gasteiger partial charge in [-0.15, -0.1) is 0 Å². The molecule has 0 aromatic heterocycles. The number of methoxy groups -OCH3 is 2. The van der Waals surface area contributed by atoms with Gasteiger partial charge >= 0.3 is 0 Å². The third-order valence-electron chi connectivity index (χ3n) is 4.41. The average molecular weight is 344 g/mol. The van der Waals surface area contributed by atoms with Gasteiger partial charge in [0.1, 0.15) is 17.3 Å². The minimum Gasteiger partial charge on any atom is -0.497 e. The molecule has 1 heterocycles. The number of hydrogen-bond acceptors (Lipinski definition) is 4. The number of carbonyl (C=O) groups excluding carboxylic acids is 1. The topological polar surface area (TPSA) is 42.0 Å². The fourth-order valence-electron chi connectivity index (χ4n) is 2.93. The van der Waals surface area contributed by atoms with Crippen molar-refractivity contribution in [2.24, 2.45) is 0 Å². The first-order valence-corrected chi connectivity index (χ1v) is 8.14. The van der Waals surface area contributed by atoms with Crippen molar-refractivity contribution in [3.05, 3.63) is 53.8 Å². The van der Waals surface area contributed by atoms with E-state index in [-0.39, 0.29) is 11.5 Å². The quantitative estimate of drug-likeness (QED) is 0.855. The fraction of sp³-hybridized carbons (Fsp3) is 0.316. The van der Waals surface area contributed by atoms with Crippen LogP contribution in [0.25, 0.3) is 0 Å². The summed E-state index contributed by atoms with van der Waals surface area (Å²) in [5.74, 6) is 0.377. The predicted molar refractivity (Wildman–Crippen MR) is 94.1 cm³/mol. The van der Waals surface area contributed by atoms with E-state index in [0.717, 1.165) is 11.4 Å². The molecule has 0 bridgehead atoms. The normalized spacial score (nSPS) is 14.4. The second kappa shape index (κ2) is 7.42. The summed E-state index contributed by atoms with van der Waals surface area (Å²) in [6.45, 7) is 2.51. The van der Waals surface area contributed by atoms with Crippen molar-refractivity contribution in [3.63, 3.8) is 0 Å². The Bertz CT molecular complexity index is 741. The monoisotopic (exact) mass is 344 g/mol. The van der Waals surface area contributed by atoms with Gasteiger partial charge in [-0.05, 0) is 36.4 Å². The highest BCUT2D eigenvalue weighted by atomic mass is 19.1. The summed E-state index contributed by atoms with van der Waals surface area (Å²) in [6.07, 6.45) is 0. The molecule has 1 fully saturated rings. The Morgan fingerprint density at radius 3 is 2.08 bits per heavy atom. The predicted octanol–water partition coefficient (Wildman–Crippen LogP) is 2.81. The molecule has 6 heteroatoms. The number of benzene rings is 2. The van der Waals surface area contributed by atoms with Crippen LogP contribution in [0.4, 0.5) is 10.1 Å². The second-order valence-corrected chi connectivity index (χ2v) is 5.82. The lowest BCUT2D eigenvalue weighted by Crippen LogP contribution is -2.49. The highest BCUT2D eigenvalue weighted by Gasteiger charge is 2.24. The lowest BCUT2D eigenvalue weighted by atomic mass is 10.1. The Morgan fingerprint density at radius 2 is 1.52 bits per heavy atom. The largest absolute Gasteiger partial charge is 0.497 e. The van der Waals surface area contributed by atoms with Gasteiger partial charge in [0.2, 0.25) is 0 Å². The first kappa shape index (κ1) is 17.1. The molecule has 0 unspecified atom stereocenters. The van der Waals surface area contributed by atoms with Crippen LogP contribution in [-0.4, -0.2) is 51.2 Å². The van der Waals surface area contributed by atoms with Gasteiger partial charge in [0.25, 0.3) is 5.91 Å². The van der Waals surface area contributed by atoms with Crippen LogP contribution in [0.15, 0.2) is 42.5 Å². The molecule has 0 N–H and O–H groups in total. The maximum Gasteiger partial charge on any atom is 0.256 e. The molecular formula is C19H21FN2O3. The Morgan fingerprint density at radius 1 is 0.920 bits per heavy atom. The third kappa shape index (κ3) is 3.68. The standard InChI is InChI=1S/C19H21FN2O3/c1-24-15-5-3-14(4-6-15)21-9-11-22(12-10-21)19(23)17-8-7-16(25-2)13-18(17)20/h3-8,13H,9-12H2,1-2H3. The van der Waals surface area contributed by atoms with Gasteiger partial charge in [-0.25, -0.2) is 4.39 Å². The zero-order valence-electron chi connectivity index (χ0n) is 14.4. The first-order valence-electron chi connectivity index (χ1n) is 8.14. The number of nitrogens with zero attached hydrogens (tertiary/aromatic N) is 2. The number of halogens is 1. The van der Waals surface area contributed by atoms with Crippen LogP contribution in [-0.2, 0) is 0 Å². The first-order chi connectivity index (χ1) is 12.1. The average Bonchev–Trinajstić information content (AvgIpc) is 2.67. The smallest absolute Gasteiger partial charge is 0.256 e. The van der Waals surface area contributed by atoms with Crippen molar-refractivity contribution >= 4 is 11.6 Å². The molecule has 5 nitrogen and oxygen atoms in total. The summed E-state index contributed by atoms with van der Waals surface area (Å²) >= 11 is 0. The molecule has 0 aliphatic carbocycles. The van der Waals surface area contributed by atoms with E-state index in [1.165, 1.54) is 19.2 Å². The molecule has 0 atom stereocenters. The van der Waals surface area contributed by atoms with Crippen molar-refractivity contribution in [2.75, 3.05) is 45.3 Å². The second-order valence-electron chi connectivity index (χ2n) is 5.82. The summed E-state index contributed by atoms with van der Waals surface area (Å²) in [7, 11) is 3.10. The lowest BCUT2D eigenvalue weighted by molar-refractivity contribution is 0.0742. The summed E-state index contributed by atoms with van der Waals surface area (Å²) in [5, 5.41) is 0. The van der Waals surface area contributed by atoms with Gasteiger partial charge in [-0.2, -0.15) is 0 Å². The van der Waals surface area contributed by atoms with Crippen LogP contribution in [0, 0.1) is 5.82 Å².